The Kier molecular flexibility index (Phi) is 6.75. The molecule has 0 N–H and O–H groups in total. The highest BCUT2D eigenvalue weighted by molar-refractivity contribution is 6.14. The summed E-state index contributed by atoms with van der Waals surface area (Å²) in [5.41, 5.74) is 8.94. The second-order valence-corrected chi connectivity index (χ2v) is 13.4. The molecule has 0 saturated heterocycles. The molecular weight excluding hydrogens is 665 g/mol. The minimum Gasteiger partial charge on any atom is -0.454 e. The van der Waals surface area contributed by atoms with Crippen LogP contribution in [0, 0.1) is 0 Å². The Labute approximate surface area is 309 Å². The quantitative estimate of drug-likeness (QED) is 0.179. The molecule has 0 aliphatic rings. The fourth-order valence-electron chi connectivity index (χ4n) is 7.67. The predicted octanol–water partition coefficient (Wildman–Crippen LogP) is 12.6. The standard InChI is InChI=1S/C48H28N4O2/c1-3-13-29(14-4-1)45-50-46(30-15-5-2-6-16-30)52-47(51-45)39-25-23-35(31-17-7-9-19-33(31)39)36-24-26-40(34-20-10-8-18-32(34)36)48-49-43-42(54-48)28-27-38-37-21-11-12-22-41(37)53-44(38)43/h1-28H. The Balaban J connectivity index is 1.07. The first-order chi connectivity index (χ1) is 26.8. The maximum absolute atomic E-state index is 6.44. The minimum absolute atomic E-state index is 0.555. The molecule has 3 aromatic heterocycles. The molecule has 54 heavy (non-hydrogen) atoms. The van der Waals surface area contributed by atoms with Gasteiger partial charge in [-0.15, -0.1) is 0 Å². The van der Waals surface area contributed by atoms with Crippen LogP contribution in [0.3, 0.4) is 0 Å². The molecule has 6 nitrogen and oxygen atoms in total. The normalized spacial score (nSPS) is 11.7. The van der Waals surface area contributed by atoms with Gasteiger partial charge < -0.3 is 8.83 Å². The van der Waals surface area contributed by atoms with E-state index in [1.54, 1.807) is 0 Å². The summed E-state index contributed by atoms with van der Waals surface area (Å²) in [7, 11) is 0. The van der Waals surface area contributed by atoms with Gasteiger partial charge in [0.15, 0.2) is 34.2 Å². The number of hydrogen-bond acceptors (Lipinski definition) is 6. The van der Waals surface area contributed by atoms with Crippen LogP contribution < -0.4 is 0 Å². The number of rotatable bonds is 5. The molecule has 0 radical (unpaired) electrons. The van der Waals surface area contributed by atoms with E-state index in [0.717, 1.165) is 82.4 Å². The van der Waals surface area contributed by atoms with Gasteiger partial charge in [-0.2, -0.15) is 0 Å². The van der Waals surface area contributed by atoms with Crippen molar-refractivity contribution < 1.29 is 8.83 Å². The van der Waals surface area contributed by atoms with E-state index >= 15 is 0 Å². The van der Waals surface area contributed by atoms with Crippen molar-refractivity contribution in [3.8, 4) is 56.7 Å². The van der Waals surface area contributed by atoms with E-state index in [1.165, 1.54) is 0 Å². The van der Waals surface area contributed by atoms with E-state index in [0.29, 0.717) is 28.9 Å². The number of para-hydroxylation sites is 1. The molecule has 3 heterocycles. The Hall–Kier alpha value is -7.44. The van der Waals surface area contributed by atoms with E-state index < -0.39 is 0 Å². The van der Waals surface area contributed by atoms with Gasteiger partial charge in [0.2, 0.25) is 5.89 Å². The maximum Gasteiger partial charge on any atom is 0.228 e. The van der Waals surface area contributed by atoms with Crippen LogP contribution in [-0.2, 0) is 0 Å². The summed E-state index contributed by atoms with van der Waals surface area (Å²) in [6.45, 7) is 0. The zero-order valence-electron chi connectivity index (χ0n) is 28.8. The number of fused-ring (bicyclic) bond motifs is 7. The van der Waals surface area contributed by atoms with Crippen molar-refractivity contribution in [3.63, 3.8) is 0 Å². The van der Waals surface area contributed by atoms with Crippen LogP contribution >= 0.6 is 0 Å². The molecule has 0 spiro atoms. The molecule has 0 amide bonds. The van der Waals surface area contributed by atoms with E-state index in [4.69, 9.17) is 28.8 Å². The number of oxazole rings is 1. The summed E-state index contributed by atoms with van der Waals surface area (Å²) in [5.74, 6) is 2.45. The lowest BCUT2D eigenvalue weighted by Crippen LogP contribution is -2.00. The van der Waals surface area contributed by atoms with Gasteiger partial charge in [0.1, 0.15) is 5.58 Å². The van der Waals surface area contributed by atoms with Crippen molar-refractivity contribution in [3.05, 3.63) is 170 Å². The Morgan fingerprint density at radius 1 is 0.296 bits per heavy atom. The van der Waals surface area contributed by atoms with Gasteiger partial charge in [0.05, 0.1) is 0 Å². The van der Waals surface area contributed by atoms with Crippen molar-refractivity contribution in [1.29, 1.82) is 0 Å². The fraction of sp³-hybridized carbons (Fsp3) is 0. The highest BCUT2D eigenvalue weighted by Crippen LogP contribution is 2.42. The van der Waals surface area contributed by atoms with E-state index in [2.05, 4.69) is 84.9 Å². The summed E-state index contributed by atoms with van der Waals surface area (Å²) < 4.78 is 12.7. The minimum atomic E-state index is 0.555. The van der Waals surface area contributed by atoms with Crippen molar-refractivity contribution in [2.45, 2.75) is 0 Å². The second kappa shape index (κ2) is 12.1. The van der Waals surface area contributed by atoms with Gasteiger partial charge in [0, 0.05) is 33.0 Å². The lowest BCUT2D eigenvalue weighted by molar-refractivity contribution is 0.620. The maximum atomic E-state index is 6.44. The molecule has 8 aromatic carbocycles. The van der Waals surface area contributed by atoms with Crippen molar-refractivity contribution in [2.24, 2.45) is 0 Å². The van der Waals surface area contributed by atoms with Gasteiger partial charge in [0.25, 0.3) is 0 Å². The number of benzene rings is 8. The van der Waals surface area contributed by atoms with Crippen molar-refractivity contribution in [2.75, 3.05) is 0 Å². The van der Waals surface area contributed by atoms with Crippen LogP contribution in [0.5, 0.6) is 0 Å². The third-order valence-electron chi connectivity index (χ3n) is 10.2. The summed E-state index contributed by atoms with van der Waals surface area (Å²) in [4.78, 5) is 20.0. The smallest absolute Gasteiger partial charge is 0.228 e. The van der Waals surface area contributed by atoms with Crippen molar-refractivity contribution in [1.82, 2.24) is 19.9 Å². The molecule has 0 fully saturated rings. The summed E-state index contributed by atoms with van der Waals surface area (Å²) in [6, 6.07) is 57.8. The highest BCUT2D eigenvalue weighted by Gasteiger charge is 2.20. The lowest BCUT2D eigenvalue weighted by Gasteiger charge is -2.15. The number of furan rings is 1. The van der Waals surface area contributed by atoms with Crippen LogP contribution in [0.25, 0.3) is 111 Å². The third-order valence-corrected chi connectivity index (χ3v) is 10.2. The molecule has 0 atom stereocenters. The molecule has 0 saturated carbocycles. The summed E-state index contributed by atoms with van der Waals surface area (Å²) >= 11 is 0. The van der Waals surface area contributed by atoms with E-state index in [1.807, 2.05) is 84.9 Å². The van der Waals surface area contributed by atoms with Gasteiger partial charge in [-0.05, 0) is 63.0 Å². The van der Waals surface area contributed by atoms with Crippen LogP contribution in [0.1, 0.15) is 0 Å². The molecule has 0 bridgehead atoms. The largest absolute Gasteiger partial charge is 0.454 e. The first-order valence-electron chi connectivity index (χ1n) is 17.9. The van der Waals surface area contributed by atoms with Gasteiger partial charge in [-0.3, -0.25) is 0 Å². The summed E-state index contributed by atoms with van der Waals surface area (Å²) in [6.07, 6.45) is 0. The first-order valence-corrected chi connectivity index (χ1v) is 17.9. The second-order valence-electron chi connectivity index (χ2n) is 13.4. The number of hydrogen-bond donors (Lipinski definition) is 0. The topological polar surface area (TPSA) is 77.8 Å². The molecule has 0 aliphatic heterocycles. The summed E-state index contributed by atoms with van der Waals surface area (Å²) in [5, 5.41) is 6.40. The predicted molar refractivity (Wildman–Crippen MR) is 217 cm³/mol. The van der Waals surface area contributed by atoms with Gasteiger partial charge in [-0.25, -0.2) is 19.9 Å². The molecule has 11 rings (SSSR count). The SMILES string of the molecule is c1ccc(-c2nc(-c3ccccc3)nc(-c3ccc(-c4ccc(-c5nc6c(ccc7c8ccccc8oc76)o5)c5ccccc45)c4ccccc34)n2)cc1. The monoisotopic (exact) mass is 692 g/mol. The van der Waals surface area contributed by atoms with Gasteiger partial charge in [-0.1, -0.05) is 140 Å². The molecule has 252 valence electrons. The van der Waals surface area contributed by atoms with E-state index in [-0.39, 0.29) is 0 Å². The van der Waals surface area contributed by atoms with Crippen LogP contribution in [0.15, 0.2) is 179 Å². The Morgan fingerprint density at radius 3 is 1.41 bits per heavy atom. The number of nitrogens with zero attached hydrogens (tertiary/aromatic N) is 4. The zero-order valence-corrected chi connectivity index (χ0v) is 28.8. The average molecular weight is 693 g/mol. The fourth-order valence-corrected chi connectivity index (χ4v) is 7.67. The first kappa shape index (κ1) is 30.2. The van der Waals surface area contributed by atoms with Crippen LogP contribution in [0.4, 0.5) is 0 Å². The Bertz CT molecular complexity index is 3160. The van der Waals surface area contributed by atoms with Gasteiger partial charge >= 0.3 is 0 Å². The average Bonchev–Trinajstić information content (AvgIpc) is 3.86. The van der Waals surface area contributed by atoms with Crippen molar-refractivity contribution >= 4 is 54.6 Å². The van der Waals surface area contributed by atoms with E-state index in [9.17, 15) is 0 Å². The molecule has 6 heteroatoms. The molecular formula is C48H28N4O2. The lowest BCUT2D eigenvalue weighted by atomic mass is 9.90. The molecule has 0 aliphatic carbocycles. The van der Waals surface area contributed by atoms with Crippen LogP contribution in [-0.4, -0.2) is 19.9 Å². The number of aromatic nitrogens is 4. The third kappa shape index (κ3) is 4.81. The Morgan fingerprint density at radius 2 is 0.778 bits per heavy atom. The highest BCUT2D eigenvalue weighted by atomic mass is 16.4. The zero-order chi connectivity index (χ0) is 35.6. The molecule has 11 aromatic rings. The van der Waals surface area contributed by atoms with Crippen LogP contribution in [0.2, 0.25) is 0 Å². The molecule has 0 unspecified atom stereocenters.